The lowest BCUT2D eigenvalue weighted by Gasteiger charge is -2.39. The molecule has 0 spiro atoms. The van der Waals surface area contributed by atoms with Crippen LogP contribution in [0.3, 0.4) is 0 Å². The minimum Gasteiger partial charge on any atom is -0.331 e. The van der Waals surface area contributed by atoms with Gasteiger partial charge in [0.2, 0.25) is 0 Å². The Morgan fingerprint density at radius 3 is 1.37 bits per heavy atom. The number of hydrogen-bond acceptors (Lipinski definition) is 2. The first kappa shape index (κ1) is 29.0. The van der Waals surface area contributed by atoms with Gasteiger partial charge in [-0.2, -0.15) is 57.1 Å². The Hall–Kier alpha value is -1.04. The molecule has 0 heterocycles. The predicted molar refractivity (Wildman–Crippen MR) is 75.2 cm³/mol. The summed E-state index contributed by atoms with van der Waals surface area (Å²) in [6, 6.07) is 0. The molecular weight excluding hydrogens is 483 g/mol. The molecule has 0 saturated carbocycles. The van der Waals surface area contributed by atoms with Crippen LogP contribution in [0.25, 0.3) is 0 Å². The van der Waals surface area contributed by atoms with Crippen LogP contribution in [-0.2, 0) is 10.0 Å². The summed E-state index contributed by atoms with van der Waals surface area (Å²) in [5.74, 6) is -32.1. The van der Waals surface area contributed by atoms with Gasteiger partial charge in [-0.3, -0.25) is 0 Å². The third-order valence-electron chi connectivity index (χ3n) is 3.54. The van der Waals surface area contributed by atoms with Crippen molar-refractivity contribution in [2.45, 2.75) is 41.5 Å². The molecule has 1 N–H and O–H groups in total. The quantitative estimate of drug-likeness (QED) is 0.283. The Morgan fingerprint density at radius 1 is 0.667 bits per heavy atom. The second kappa shape index (κ2) is 7.83. The number of halogens is 13. The molecule has 182 valence electrons. The Kier molecular flexibility index (Phi) is 7.55. The van der Waals surface area contributed by atoms with Gasteiger partial charge in [0.15, 0.2) is 0 Å². The zero-order valence-corrected chi connectivity index (χ0v) is 16.0. The third-order valence-corrected chi connectivity index (χ3v) is 5.06. The van der Waals surface area contributed by atoms with Crippen LogP contribution in [0.1, 0.15) is 6.42 Å². The van der Waals surface area contributed by atoms with Gasteiger partial charge in [0.25, 0.3) is 10.0 Å². The first-order chi connectivity index (χ1) is 12.7. The average Bonchev–Trinajstić information content (AvgIpc) is 2.48. The molecule has 0 atom stereocenters. The molecule has 4 nitrogen and oxygen atoms in total. The van der Waals surface area contributed by atoms with Gasteiger partial charge in [0, 0.05) is 13.0 Å². The minimum atomic E-state index is -8.15. The van der Waals surface area contributed by atoms with Crippen LogP contribution in [0.15, 0.2) is 0 Å². The van der Waals surface area contributed by atoms with Crippen molar-refractivity contribution < 1.29 is 70.0 Å². The van der Waals surface area contributed by atoms with E-state index in [-0.39, 0.29) is 17.4 Å². The van der Waals surface area contributed by atoms with Gasteiger partial charge < -0.3 is 4.48 Å². The highest BCUT2D eigenvalue weighted by atomic mass is 32.2. The maximum absolute atomic E-state index is 13.6. The van der Waals surface area contributed by atoms with E-state index in [1.54, 1.807) is 0 Å². The van der Waals surface area contributed by atoms with E-state index in [4.69, 9.17) is 0 Å². The summed E-state index contributed by atoms with van der Waals surface area (Å²) in [5, 5.41) is -7.20. The predicted octanol–water partition coefficient (Wildman–Crippen LogP) is 3.70. The molecule has 0 aliphatic carbocycles. The highest BCUT2D eigenvalue weighted by Crippen LogP contribution is 2.60. The van der Waals surface area contributed by atoms with E-state index < -0.39 is 51.7 Å². The second-order valence-corrected chi connectivity index (χ2v) is 8.89. The molecule has 0 aliphatic heterocycles. The summed E-state index contributed by atoms with van der Waals surface area (Å²) < 4.78 is 192. The van der Waals surface area contributed by atoms with Crippen LogP contribution < -0.4 is 4.72 Å². The Bertz CT molecular complexity index is 711. The van der Waals surface area contributed by atoms with Crippen LogP contribution in [0.5, 0.6) is 0 Å². The van der Waals surface area contributed by atoms with E-state index in [9.17, 15) is 65.5 Å². The third kappa shape index (κ3) is 4.73. The van der Waals surface area contributed by atoms with Crippen molar-refractivity contribution in [3.8, 4) is 0 Å². The lowest BCUT2D eigenvalue weighted by Crippen LogP contribution is -2.71. The van der Waals surface area contributed by atoms with Crippen LogP contribution in [0.4, 0.5) is 57.1 Å². The van der Waals surface area contributed by atoms with E-state index in [2.05, 4.69) is 0 Å². The molecule has 0 aromatic carbocycles. The van der Waals surface area contributed by atoms with Crippen molar-refractivity contribution in [2.75, 3.05) is 34.2 Å². The molecule has 0 unspecified atom stereocenters. The molecule has 0 aromatic rings. The molecule has 0 radical (unpaired) electrons. The minimum absolute atomic E-state index is 0.0104. The molecule has 0 fully saturated rings. The number of hydrogen-bond donors (Lipinski definition) is 1. The number of quaternary nitrogens is 1. The Balaban J connectivity index is 6.06. The highest BCUT2D eigenvalue weighted by molar-refractivity contribution is 7.90. The van der Waals surface area contributed by atoms with Gasteiger partial charge in [-0.05, 0) is 0 Å². The van der Waals surface area contributed by atoms with Crippen molar-refractivity contribution in [1.82, 2.24) is 4.72 Å². The van der Waals surface area contributed by atoms with E-state index >= 15 is 0 Å². The zero-order chi connectivity index (χ0) is 24.8. The van der Waals surface area contributed by atoms with Gasteiger partial charge in [0.1, 0.15) is 0 Å². The summed E-state index contributed by atoms with van der Waals surface area (Å²) in [5.41, 5.74) is 0. The van der Waals surface area contributed by atoms with Crippen molar-refractivity contribution in [3.05, 3.63) is 0 Å². The summed E-state index contributed by atoms with van der Waals surface area (Å²) >= 11 is 0. The summed E-state index contributed by atoms with van der Waals surface area (Å²) in [6.07, 6.45) is -7.92. The molecule has 0 rings (SSSR count). The van der Waals surface area contributed by atoms with E-state index in [0.29, 0.717) is 4.72 Å². The summed E-state index contributed by atoms with van der Waals surface area (Å²) in [6.45, 7) is -1.08. The van der Waals surface area contributed by atoms with Crippen LogP contribution >= 0.6 is 0 Å². The van der Waals surface area contributed by atoms with Gasteiger partial charge in [-0.1, -0.05) is 0 Å². The van der Waals surface area contributed by atoms with Gasteiger partial charge in [-0.15, -0.1) is 0 Å². The Morgan fingerprint density at radius 2 is 1.03 bits per heavy atom. The number of sulfonamides is 1. The summed E-state index contributed by atoms with van der Waals surface area (Å²) in [7, 11) is -2.40. The van der Waals surface area contributed by atoms with Crippen molar-refractivity contribution in [3.63, 3.8) is 0 Å². The smallest absolute Gasteiger partial charge is 0.331 e. The van der Waals surface area contributed by atoms with Crippen LogP contribution in [-0.4, -0.2) is 82.3 Å². The lowest BCUT2D eigenvalue weighted by molar-refractivity contribution is -0.870. The van der Waals surface area contributed by atoms with E-state index in [1.807, 2.05) is 0 Å². The number of nitrogens with one attached hydrogen (secondary N) is 1. The van der Waals surface area contributed by atoms with Crippen molar-refractivity contribution in [2.24, 2.45) is 0 Å². The lowest BCUT2D eigenvalue weighted by atomic mass is 9.98. The first-order valence-electron chi connectivity index (χ1n) is 7.46. The number of alkyl halides is 13. The molecule has 0 amide bonds. The number of nitrogens with zero attached hydrogens (tertiary/aromatic N) is 1. The molecule has 18 heteroatoms. The maximum Gasteiger partial charge on any atom is 0.460 e. The first-order valence-corrected chi connectivity index (χ1v) is 8.94. The monoisotopic (exact) mass is 499 g/mol. The fourth-order valence-electron chi connectivity index (χ4n) is 1.77. The highest BCUT2D eigenvalue weighted by Gasteiger charge is 2.92. The largest absolute Gasteiger partial charge is 0.460 e. The standard InChI is InChI=1S/C12H16F13N2O2S/c1-27(2,3)6-4-5-26-30(28,29)12(24,25)10(19,20)8(15,16)7(13,14)9(17,18)11(21,22)23/h26H,4-6H2,1-3H3/q+1. The molecule has 30 heavy (non-hydrogen) atoms. The average molecular weight is 499 g/mol. The van der Waals surface area contributed by atoms with Crippen molar-refractivity contribution >= 4 is 10.0 Å². The van der Waals surface area contributed by atoms with Crippen LogP contribution in [0, 0.1) is 0 Å². The molecule has 0 saturated heterocycles. The normalized spacial score (nSPS) is 16.1. The van der Waals surface area contributed by atoms with Gasteiger partial charge >= 0.3 is 35.1 Å². The molecule has 0 aliphatic rings. The topological polar surface area (TPSA) is 46.2 Å². The van der Waals surface area contributed by atoms with Crippen molar-refractivity contribution in [1.29, 1.82) is 0 Å². The molecule has 0 aromatic heterocycles. The molecule has 0 bridgehead atoms. The second-order valence-electron chi connectivity index (χ2n) is 7.08. The SMILES string of the molecule is C[N+](C)(C)CCCNS(=O)(=O)C(F)(F)C(F)(F)C(F)(F)C(F)(F)C(F)(F)C(F)(F)F. The van der Waals surface area contributed by atoms with E-state index in [1.165, 1.54) is 21.1 Å². The fourth-order valence-corrected chi connectivity index (χ4v) is 2.83. The maximum atomic E-state index is 13.6. The fraction of sp³-hybridized carbons (Fsp3) is 1.00. The van der Waals surface area contributed by atoms with Gasteiger partial charge in [-0.25, -0.2) is 13.1 Å². The molecular formula is C12H16F13N2O2S+. The Labute approximate surface area is 161 Å². The van der Waals surface area contributed by atoms with E-state index in [0.717, 1.165) is 0 Å². The summed E-state index contributed by atoms with van der Waals surface area (Å²) in [4.78, 5) is 0. The number of rotatable bonds is 10. The van der Waals surface area contributed by atoms with Gasteiger partial charge in [0.05, 0.1) is 27.7 Å². The van der Waals surface area contributed by atoms with Crippen LogP contribution in [0.2, 0.25) is 0 Å². The zero-order valence-electron chi connectivity index (χ0n) is 15.2.